The molecule has 1 aromatic heterocycles. The molecule has 36 heavy (non-hydrogen) atoms. The highest BCUT2D eigenvalue weighted by molar-refractivity contribution is 5.66. The van der Waals surface area contributed by atoms with Gasteiger partial charge in [0.05, 0.1) is 11.4 Å². The van der Waals surface area contributed by atoms with Crippen molar-refractivity contribution in [2.45, 2.75) is 135 Å². The van der Waals surface area contributed by atoms with Gasteiger partial charge in [-0.15, -0.1) is 0 Å². The van der Waals surface area contributed by atoms with Crippen molar-refractivity contribution in [3.63, 3.8) is 0 Å². The van der Waals surface area contributed by atoms with Crippen molar-refractivity contribution in [1.29, 1.82) is 0 Å². The van der Waals surface area contributed by atoms with E-state index in [1.54, 1.807) is 12.2 Å². The lowest BCUT2D eigenvalue weighted by molar-refractivity contribution is -0.137. The van der Waals surface area contributed by atoms with E-state index in [1.807, 2.05) is 6.07 Å². The summed E-state index contributed by atoms with van der Waals surface area (Å²) in [5.74, 6) is 0.00778. The van der Waals surface area contributed by atoms with Crippen molar-refractivity contribution in [3.8, 4) is 0 Å². The molecule has 0 radical (unpaired) electrons. The summed E-state index contributed by atoms with van der Waals surface area (Å²) >= 11 is 0. The summed E-state index contributed by atoms with van der Waals surface area (Å²) < 4.78 is 0. The van der Waals surface area contributed by atoms with Crippen LogP contribution in [0, 0.1) is 0 Å². The van der Waals surface area contributed by atoms with Gasteiger partial charge in [0.25, 0.3) is 0 Å². The van der Waals surface area contributed by atoms with Crippen molar-refractivity contribution in [2.75, 3.05) is 11.9 Å². The zero-order valence-electron chi connectivity index (χ0n) is 23.0. The van der Waals surface area contributed by atoms with Gasteiger partial charge in [0, 0.05) is 13.0 Å². The molecule has 0 saturated heterocycles. The van der Waals surface area contributed by atoms with Crippen LogP contribution in [0.3, 0.4) is 0 Å². The lowest BCUT2D eigenvalue weighted by Crippen LogP contribution is -2.06. The molecule has 0 aliphatic heterocycles. The van der Waals surface area contributed by atoms with Crippen molar-refractivity contribution in [2.24, 2.45) is 0 Å². The van der Waals surface area contributed by atoms with Crippen molar-refractivity contribution < 1.29 is 9.90 Å². The number of carboxylic acids is 1. The summed E-state index contributed by atoms with van der Waals surface area (Å²) in [6.45, 7) is 8.47. The van der Waals surface area contributed by atoms with Crippen LogP contribution in [0.15, 0.2) is 19.2 Å². The topological polar surface area (TPSA) is 75.1 Å². The van der Waals surface area contributed by atoms with Gasteiger partial charge in [0.15, 0.2) is 0 Å². The first kappa shape index (κ1) is 31.9. The molecule has 5 heteroatoms. The number of nitrogens with zero attached hydrogens (tertiary/aromatic N) is 2. The van der Waals surface area contributed by atoms with Gasteiger partial charge >= 0.3 is 5.97 Å². The Labute approximate surface area is 221 Å². The normalized spacial score (nSPS) is 10.9. The summed E-state index contributed by atoms with van der Waals surface area (Å²) in [6.07, 6.45) is 29.9. The van der Waals surface area contributed by atoms with Gasteiger partial charge in [0.2, 0.25) is 5.95 Å². The van der Waals surface area contributed by atoms with E-state index in [-0.39, 0.29) is 0 Å². The minimum absolute atomic E-state index is 0.334. The number of hydrogen-bond donors (Lipinski definition) is 2. The van der Waals surface area contributed by atoms with Gasteiger partial charge in [-0.2, -0.15) is 0 Å². The predicted octanol–water partition coefficient (Wildman–Crippen LogP) is 9.45. The van der Waals surface area contributed by atoms with Gasteiger partial charge in [0.1, 0.15) is 0 Å². The Bertz CT molecular complexity index is 679. The standard InChI is InChI=1S/C31H53N3O2/c1-3-28-27-29(4-2)34-31(33-28)32-26-24-22-20-18-16-14-12-10-8-6-5-7-9-11-13-15-17-19-21-23-25-30(35)36/h3-4,27H,1-2,5-26H2,(H,35,36)(H,32,33,34). The molecule has 0 atom stereocenters. The van der Waals surface area contributed by atoms with Crippen LogP contribution in [0.1, 0.15) is 146 Å². The molecule has 1 rings (SSSR count). The van der Waals surface area contributed by atoms with Gasteiger partial charge in [-0.05, 0) is 31.1 Å². The third kappa shape index (κ3) is 19.1. The zero-order valence-corrected chi connectivity index (χ0v) is 23.0. The predicted molar refractivity (Wildman–Crippen MR) is 155 cm³/mol. The van der Waals surface area contributed by atoms with Gasteiger partial charge in [-0.1, -0.05) is 129 Å². The molecular weight excluding hydrogens is 446 g/mol. The maximum Gasteiger partial charge on any atom is 0.303 e. The van der Waals surface area contributed by atoms with Crippen LogP contribution in [-0.4, -0.2) is 27.6 Å². The van der Waals surface area contributed by atoms with E-state index in [2.05, 4.69) is 28.4 Å². The molecule has 0 unspecified atom stereocenters. The van der Waals surface area contributed by atoms with E-state index in [1.165, 1.54) is 109 Å². The summed E-state index contributed by atoms with van der Waals surface area (Å²) in [5.41, 5.74) is 1.65. The second kappa shape index (κ2) is 23.2. The van der Waals surface area contributed by atoms with E-state index in [9.17, 15) is 4.79 Å². The maximum atomic E-state index is 10.5. The van der Waals surface area contributed by atoms with Crippen LogP contribution >= 0.6 is 0 Å². The van der Waals surface area contributed by atoms with E-state index < -0.39 is 5.97 Å². The Balaban J connectivity index is 1.77. The molecule has 0 spiro atoms. The van der Waals surface area contributed by atoms with Gasteiger partial charge < -0.3 is 10.4 Å². The second-order valence-electron chi connectivity index (χ2n) is 10.1. The Hall–Kier alpha value is -2.17. The first-order chi connectivity index (χ1) is 17.7. The minimum Gasteiger partial charge on any atom is -0.481 e. The van der Waals surface area contributed by atoms with Crippen molar-refractivity contribution in [1.82, 2.24) is 9.97 Å². The van der Waals surface area contributed by atoms with Crippen LogP contribution in [0.2, 0.25) is 0 Å². The number of anilines is 1. The number of rotatable bonds is 26. The van der Waals surface area contributed by atoms with Gasteiger partial charge in [-0.3, -0.25) is 4.79 Å². The average molecular weight is 500 g/mol. The summed E-state index contributed by atoms with van der Waals surface area (Å²) in [6, 6.07) is 1.88. The van der Waals surface area contributed by atoms with Crippen LogP contribution in [0.4, 0.5) is 5.95 Å². The fourth-order valence-corrected chi connectivity index (χ4v) is 4.56. The zero-order chi connectivity index (χ0) is 26.1. The molecule has 0 aromatic carbocycles. The van der Waals surface area contributed by atoms with E-state index in [0.717, 1.165) is 37.2 Å². The Kier molecular flexibility index (Phi) is 20.6. The molecule has 0 fully saturated rings. The number of unbranched alkanes of at least 4 members (excludes halogenated alkanes) is 19. The van der Waals surface area contributed by atoms with Crippen LogP contribution in [-0.2, 0) is 4.79 Å². The minimum atomic E-state index is -0.659. The highest BCUT2D eigenvalue weighted by Gasteiger charge is 2.01. The van der Waals surface area contributed by atoms with Crippen molar-refractivity contribution >= 4 is 24.1 Å². The monoisotopic (exact) mass is 499 g/mol. The molecule has 5 nitrogen and oxygen atoms in total. The smallest absolute Gasteiger partial charge is 0.303 e. The number of aliphatic carboxylic acids is 1. The molecule has 1 heterocycles. The summed E-state index contributed by atoms with van der Waals surface area (Å²) in [4.78, 5) is 19.3. The van der Waals surface area contributed by atoms with Crippen LogP contribution in [0.5, 0.6) is 0 Å². The maximum absolute atomic E-state index is 10.5. The molecule has 0 aliphatic carbocycles. The molecule has 0 bridgehead atoms. The molecule has 0 amide bonds. The highest BCUT2D eigenvalue weighted by Crippen LogP contribution is 2.15. The Morgan fingerprint density at radius 1 is 0.639 bits per heavy atom. The lowest BCUT2D eigenvalue weighted by atomic mass is 10.0. The summed E-state index contributed by atoms with van der Waals surface area (Å²) in [7, 11) is 0. The number of carbonyl (C=O) groups is 1. The lowest BCUT2D eigenvalue weighted by Gasteiger charge is -2.07. The quantitative estimate of drug-likeness (QED) is 0.124. The second-order valence-corrected chi connectivity index (χ2v) is 10.1. The number of aromatic nitrogens is 2. The first-order valence-electron chi connectivity index (χ1n) is 14.8. The molecule has 204 valence electrons. The molecule has 0 aliphatic rings. The molecular formula is C31H53N3O2. The summed E-state index contributed by atoms with van der Waals surface area (Å²) in [5, 5.41) is 11.9. The van der Waals surface area contributed by atoms with Gasteiger partial charge in [-0.25, -0.2) is 9.97 Å². The SMILES string of the molecule is C=Cc1cc(C=C)nc(NCCCCCCCCCCCCCCCCCCCCCCC(=O)O)n1. The van der Waals surface area contributed by atoms with Crippen molar-refractivity contribution in [3.05, 3.63) is 30.6 Å². The third-order valence-electron chi connectivity index (χ3n) is 6.78. The molecule has 2 N–H and O–H groups in total. The highest BCUT2D eigenvalue weighted by atomic mass is 16.4. The number of carboxylic acid groups (broad SMARTS) is 1. The Morgan fingerprint density at radius 2 is 0.972 bits per heavy atom. The number of hydrogen-bond acceptors (Lipinski definition) is 4. The Morgan fingerprint density at radius 3 is 1.31 bits per heavy atom. The van der Waals surface area contributed by atoms with Crippen LogP contribution in [0.25, 0.3) is 12.2 Å². The third-order valence-corrected chi connectivity index (χ3v) is 6.78. The van der Waals surface area contributed by atoms with Crippen LogP contribution < -0.4 is 5.32 Å². The van der Waals surface area contributed by atoms with E-state index in [0.29, 0.717) is 12.4 Å². The number of nitrogens with one attached hydrogen (secondary N) is 1. The molecule has 1 aromatic rings. The molecule has 0 saturated carbocycles. The van der Waals surface area contributed by atoms with E-state index >= 15 is 0 Å². The fraction of sp³-hybridized carbons (Fsp3) is 0.710. The first-order valence-corrected chi connectivity index (χ1v) is 14.8. The largest absolute Gasteiger partial charge is 0.481 e. The fourth-order valence-electron chi connectivity index (χ4n) is 4.56. The van der Waals surface area contributed by atoms with E-state index in [4.69, 9.17) is 5.11 Å². The average Bonchev–Trinajstić information content (AvgIpc) is 2.88.